The molecule has 0 saturated carbocycles. The number of likely N-dealkylation sites (tertiary alicyclic amines) is 1. The topological polar surface area (TPSA) is 52.7 Å². The fourth-order valence-electron chi connectivity index (χ4n) is 4.38. The van der Waals surface area contributed by atoms with Crippen molar-refractivity contribution in [1.29, 1.82) is 0 Å². The fraction of sp³-hybridized carbons (Fsp3) is 0.478. The van der Waals surface area contributed by atoms with Gasteiger partial charge in [-0.3, -0.25) is 14.5 Å². The Balaban J connectivity index is 1.98. The van der Waals surface area contributed by atoms with Crippen molar-refractivity contribution in [3.8, 4) is 0 Å². The smallest absolute Gasteiger partial charge is 0.324 e. The van der Waals surface area contributed by atoms with E-state index in [1.807, 2.05) is 19.9 Å². The Morgan fingerprint density at radius 2 is 1.59 bits per heavy atom. The summed E-state index contributed by atoms with van der Waals surface area (Å²) in [7, 11) is 3.07. The first-order valence-corrected chi connectivity index (χ1v) is 10.5. The van der Waals surface area contributed by atoms with Crippen LogP contribution in [0.3, 0.4) is 0 Å². The molecule has 1 aromatic carbocycles. The Hall–Kier alpha value is -2.82. The van der Waals surface area contributed by atoms with Gasteiger partial charge >= 0.3 is 12.4 Å². The van der Waals surface area contributed by atoms with Crippen molar-refractivity contribution >= 4 is 17.5 Å². The molecule has 1 fully saturated rings. The lowest BCUT2D eigenvalue weighted by atomic mass is 9.94. The van der Waals surface area contributed by atoms with Crippen LogP contribution in [0.4, 0.5) is 32.0 Å². The SMILES string of the molecule is CC1=CCCC(C)=C1N1C[C@](C(=O)Nc2cc(C(F)(F)F)cc(C(F)(F)F)c2)(N(C)C)CC1=O. The van der Waals surface area contributed by atoms with Crippen LogP contribution in [0.25, 0.3) is 0 Å². The van der Waals surface area contributed by atoms with E-state index in [0.29, 0.717) is 17.8 Å². The monoisotopic (exact) mass is 489 g/mol. The Morgan fingerprint density at radius 1 is 1.03 bits per heavy atom. The maximum absolute atomic E-state index is 13.3. The van der Waals surface area contributed by atoms with Gasteiger partial charge in [0.2, 0.25) is 11.8 Å². The van der Waals surface area contributed by atoms with E-state index in [0.717, 1.165) is 24.0 Å². The molecule has 186 valence electrons. The molecule has 0 unspecified atom stereocenters. The molecule has 3 rings (SSSR count). The van der Waals surface area contributed by atoms with E-state index in [1.165, 1.54) is 23.9 Å². The number of rotatable bonds is 4. The molecule has 1 N–H and O–H groups in total. The zero-order chi connectivity index (χ0) is 25.6. The number of alkyl halides is 6. The molecule has 2 amide bonds. The predicted molar refractivity (Wildman–Crippen MR) is 114 cm³/mol. The number of benzene rings is 1. The van der Waals surface area contributed by atoms with Gasteiger partial charge < -0.3 is 10.2 Å². The number of likely N-dealkylation sites (N-methyl/N-ethyl adjacent to an activating group) is 1. The van der Waals surface area contributed by atoms with Gasteiger partial charge in [-0.05, 0) is 70.1 Å². The molecular weight excluding hydrogens is 464 g/mol. The molecule has 0 aromatic heterocycles. The third kappa shape index (κ3) is 4.84. The average molecular weight is 489 g/mol. The van der Waals surface area contributed by atoms with E-state index in [9.17, 15) is 35.9 Å². The molecule has 2 aliphatic rings. The van der Waals surface area contributed by atoms with Gasteiger partial charge in [-0.25, -0.2) is 0 Å². The van der Waals surface area contributed by atoms with Gasteiger partial charge in [-0.1, -0.05) is 6.08 Å². The molecular formula is C23H25F6N3O2. The zero-order valence-electron chi connectivity index (χ0n) is 19.1. The second-order valence-corrected chi connectivity index (χ2v) is 8.89. The van der Waals surface area contributed by atoms with Gasteiger partial charge in [0.25, 0.3) is 0 Å². The number of nitrogens with one attached hydrogen (secondary N) is 1. The van der Waals surface area contributed by atoms with E-state index in [-0.39, 0.29) is 24.9 Å². The second-order valence-electron chi connectivity index (χ2n) is 8.89. The van der Waals surface area contributed by atoms with E-state index in [4.69, 9.17) is 0 Å². The first kappa shape index (κ1) is 25.8. The summed E-state index contributed by atoms with van der Waals surface area (Å²) in [6, 6.07) is 0.892. The number of carbonyl (C=O) groups excluding carboxylic acids is 2. The highest BCUT2D eigenvalue weighted by Crippen LogP contribution is 2.39. The minimum atomic E-state index is -5.05. The molecule has 1 saturated heterocycles. The summed E-state index contributed by atoms with van der Waals surface area (Å²) in [4.78, 5) is 29.2. The Bertz CT molecular complexity index is 1040. The lowest BCUT2D eigenvalue weighted by Crippen LogP contribution is -2.55. The van der Waals surface area contributed by atoms with Crippen LogP contribution >= 0.6 is 0 Å². The molecule has 5 nitrogen and oxygen atoms in total. The molecule has 0 bridgehead atoms. The third-order valence-electron chi connectivity index (χ3n) is 6.31. The number of allylic oxidation sites excluding steroid dienone is 3. The number of hydrogen-bond acceptors (Lipinski definition) is 3. The minimum absolute atomic E-state index is 0.00829. The standard InChI is InChI=1S/C23H25F6N3O2/c1-13-6-5-7-14(2)19(13)32-12-21(31(3)4,11-18(32)33)20(34)30-17-9-15(22(24,25)26)8-16(10-17)23(27,28)29/h6,8-10H,5,7,11-12H2,1-4H3,(H,30,34)/t21-/m1/s1. The van der Waals surface area contributed by atoms with Gasteiger partial charge in [0.1, 0.15) is 5.54 Å². The predicted octanol–water partition coefficient (Wildman–Crippen LogP) is 5.21. The lowest BCUT2D eigenvalue weighted by molar-refractivity contribution is -0.143. The Labute approximate surface area is 193 Å². The van der Waals surface area contributed by atoms with Crippen molar-refractivity contribution < 1.29 is 35.9 Å². The van der Waals surface area contributed by atoms with E-state index in [1.54, 1.807) is 0 Å². The molecule has 1 aromatic rings. The van der Waals surface area contributed by atoms with Crippen LogP contribution in [0.15, 0.2) is 41.1 Å². The van der Waals surface area contributed by atoms with Crippen molar-refractivity contribution in [2.75, 3.05) is 26.0 Å². The zero-order valence-corrected chi connectivity index (χ0v) is 19.1. The highest BCUT2D eigenvalue weighted by Gasteiger charge is 2.52. The summed E-state index contributed by atoms with van der Waals surface area (Å²) in [5.41, 5.74) is -2.67. The fourth-order valence-corrected chi connectivity index (χ4v) is 4.38. The first-order chi connectivity index (χ1) is 15.6. The Kier molecular flexibility index (Phi) is 6.64. The number of amides is 2. The van der Waals surface area contributed by atoms with Crippen LogP contribution < -0.4 is 5.32 Å². The molecule has 11 heteroatoms. The summed E-state index contributed by atoms with van der Waals surface area (Å²) in [5, 5.41) is 2.21. The summed E-state index contributed by atoms with van der Waals surface area (Å²) in [6.07, 6.45) is -6.83. The van der Waals surface area contributed by atoms with Crippen molar-refractivity contribution in [2.24, 2.45) is 0 Å². The molecule has 0 spiro atoms. The molecule has 1 aliphatic heterocycles. The highest BCUT2D eigenvalue weighted by molar-refractivity contribution is 6.03. The third-order valence-corrected chi connectivity index (χ3v) is 6.31. The molecule has 34 heavy (non-hydrogen) atoms. The Morgan fingerprint density at radius 3 is 2.06 bits per heavy atom. The average Bonchev–Trinajstić information content (AvgIpc) is 3.05. The number of nitrogens with zero attached hydrogens (tertiary/aromatic N) is 2. The van der Waals surface area contributed by atoms with Gasteiger partial charge in [-0.2, -0.15) is 26.3 Å². The van der Waals surface area contributed by atoms with Crippen molar-refractivity contribution in [3.63, 3.8) is 0 Å². The maximum Gasteiger partial charge on any atom is 0.416 e. The van der Waals surface area contributed by atoms with Crippen molar-refractivity contribution in [3.05, 3.63) is 52.2 Å². The summed E-state index contributed by atoms with van der Waals surface area (Å²) in [6.45, 7) is 3.64. The van der Waals surface area contributed by atoms with Gasteiger partial charge in [0.15, 0.2) is 0 Å². The number of carbonyl (C=O) groups is 2. The number of halogens is 6. The van der Waals surface area contributed by atoms with Crippen LogP contribution in [0.1, 0.15) is 44.2 Å². The van der Waals surface area contributed by atoms with Crippen LogP contribution in [0, 0.1) is 0 Å². The summed E-state index contributed by atoms with van der Waals surface area (Å²) < 4.78 is 79.3. The first-order valence-electron chi connectivity index (χ1n) is 10.5. The number of hydrogen-bond donors (Lipinski definition) is 1. The quantitative estimate of drug-likeness (QED) is 0.591. The molecule has 1 atom stereocenters. The highest BCUT2D eigenvalue weighted by atomic mass is 19.4. The van der Waals surface area contributed by atoms with Crippen molar-refractivity contribution in [1.82, 2.24) is 9.80 Å². The molecule has 0 radical (unpaired) electrons. The van der Waals surface area contributed by atoms with Crippen LogP contribution in [0.2, 0.25) is 0 Å². The van der Waals surface area contributed by atoms with Gasteiger partial charge in [0.05, 0.1) is 24.1 Å². The summed E-state index contributed by atoms with van der Waals surface area (Å²) in [5.74, 6) is -1.22. The minimum Gasteiger partial charge on any atom is -0.324 e. The lowest BCUT2D eigenvalue weighted by Gasteiger charge is -2.35. The van der Waals surface area contributed by atoms with Crippen LogP contribution in [0.5, 0.6) is 0 Å². The molecule has 1 aliphatic carbocycles. The molecule has 1 heterocycles. The van der Waals surface area contributed by atoms with E-state index >= 15 is 0 Å². The summed E-state index contributed by atoms with van der Waals surface area (Å²) >= 11 is 0. The second kappa shape index (κ2) is 8.75. The van der Waals surface area contributed by atoms with Gasteiger partial charge in [-0.15, -0.1) is 0 Å². The van der Waals surface area contributed by atoms with Gasteiger partial charge in [0, 0.05) is 11.4 Å². The van der Waals surface area contributed by atoms with E-state index < -0.39 is 40.6 Å². The number of anilines is 1. The van der Waals surface area contributed by atoms with Crippen LogP contribution in [-0.4, -0.2) is 47.8 Å². The normalized spacial score (nSPS) is 21.9. The maximum atomic E-state index is 13.3. The largest absolute Gasteiger partial charge is 0.416 e. The van der Waals surface area contributed by atoms with Crippen molar-refractivity contribution in [2.45, 2.75) is 51.0 Å². The van der Waals surface area contributed by atoms with Crippen LogP contribution in [-0.2, 0) is 21.9 Å². The van der Waals surface area contributed by atoms with E-state index in [2.05, 4.69) is 5.32 Å².